The molecule has 3 aliphatic carbocycles. The second-order valence-electron chi connectivity index (χ2n) is 23.2. The molecular weight excluding hydrogens is 1020 g/mol. The van der Waals surface area contributed by atoms with Gasteiger partial charge in [0, 0.05) is 54.9 Å². The van der Waals surface area contributed by atoms with Gasteiger partial charge in [-0.2, -0.15) is 5.26 Å². The Balaban J connectivity index is 1.02. The van der Waals surface area contributed by atoms with Crippen LogP contribution < -0.4 is 19.3 Å². The fourth-order valence-electron chi connectivity index (χ4n) is 14.4. The first-order valence-electron chi connectivity index (χ1n) is 28.1. The minimum absolute atomic E-state index is 0.0632. The summed E-state index contributed by atoms with van der Waals surface area (Å²) in [6.45, 7) is 18.7. The van der Waals surface area contributed by atoms with Crippen molar-refractivity contribution < 1.29 is 18.3 Å². The molecule has 0 N–H and O–H groups in total. The van der Waals surface area contributed by atoms with Crippen molar-refractivity contribution in [1.82, 2.24) is 0 Å². The highest BCUT2D eigenvalue weighted by Gasteiger charge is 2.56. The molecule has 0 saturated heterocycles. The van der Waals surface area contributed by atoms with Gasteiger partial charge in [0.05, 0.1) is 29.6 Å². The highest BCUT2D eigenvalue weighted by atomic mass is 16.7. The zero-order valence-corrected chi connectivity index (χ0v) is 45.7. The third kappa shape index (κ3) is 6.16. The van der Waals surface area contributed by atoms with Crippen LogP contribution in [-0.2, 0) is 16.6 Å². The van der Waals surface area contributed by atoms with Crippen LogP contribution in [0.1, 0.15) is 66.6 Å². The Kier molecular flexibility index (Phi) is 9.43. The molecule has 0 radical (unpaired) electrons. The van der Waals surface area contributed by atoms with E-state index >= 15 is 0 Å². The minimum atomic E-state index is -1.58. The van der Waals surface area contributed by atoms with Crippen molar-refractivity contribution in [3.63, 3.8) is 0 Å². The van der Waals surface area contributed by atoms with Crippen LogP contribution in [0.4, 0.5) is 39.8 Å². The normalized spacial score (nSPS) is 14.7. The Hall–Kier alpha value is -10.8. The molecule has 0 unspecified atom stereocenters. The molecule has 1 spiro atoms. The third-order valence-electron chi connectivity index (χ3n) is 18.2. The summed E-state index contributed by atoms with van der Waals surface area (Å²) in [5.41, 5.74) is 18.3. The monoisotopic (exact) mass is 1070 g/mol. The molecule has 1 aliphatic heterocycles. The molecule has 0 amide bonds. The van der Waals surface area contributed by atoms with Crippen LogP contribution in [0.5, 0.6) is 11.5 Å². The quantitative estimate of drug-likeness (QED) is 0.154. The molecule has 0 atom stereocenters. The maximum Gasteiger partial charge on any atom is 0.306 e. The van der Waals surface area contributed by atoms with Crippen LogP contribution in [-0.4, -0.2) is 0 Å². The first-order valence-corrected chi connectivity index (χ1v) is 28.1. The third-order valence-corrected chi connectivity index (χ3v) is 18.2. The smallest absolute Gasteiger partial charge is 0.306 e. The van der Waals surface area contributed by atoms with E-state index in [0.29, 0.717) is 33.9 Å². The zero-order chi connectivity index (χ0) is 55.7. The van der Waals surface area contributed by atoms with E-state index in [1.165, 1.54) is 22.3 Å². The topological polar surface area (TPSA) is 79.4 Å². The first-order chi connectivity index (χ1) is 40.6. The molecule has 392 valence electrons. The number of furan rings is 2. The average Bonchev–Trinajstić information content (AvgIpc) is 1.71. The number of rotatable bonds is 6. The fraction of sp³-hybridized carbons (Fsp3) is 0.0933. The summed E-state index contributed by atoms with van der Waals surface area (Å²) in [7, 11) is 0. The lowest BCUT2D eigenvalue weighted by Crippen LogP contribution is -2.34. The lowest BCUT2D eigenvalue weighted by Gasteiger charge is -2.32. The average molecular weight is 1070 g/mol. The summed E-state index contributed by atoms with van der Waals surface area (Å²) >= 11 is 0. The predicted molar refractivity (Wildman–Crippen MR) is 330 cm³/mol. The standard InChI is InChI=1S/C75H48N4O4/c1-73(2)56-28-12-6-20-45(56)49-38-36-43(40-60(49)73)78(62-32-18-26-53-51-24-10-16-34-64(51)80-69(53)62)67-55(42-76)66(77-5)68(72-71(67)82-75(83-72)58-30-14-8-22-47(58)48-23-9-15-31-59(48)75)79(63-33-19-27-54-52-25-11-17-35-65(52)81-70(54)63)44-37-39-50-46-21-7-13-29-57(46)74(3,4)61(50)41-44/h6-41H,1-4H3. The van der Waals surface area contributed by atoms with Gasteiger partial charge >= 0.3 is 5.79 Å². The molecule has 83 heavy (non-hydrogen) atoms. The van der Waals surface area contributed by atoms with Crippen molar-refractivity contribution in [3.05, 3.63) is 269 Å². The maximum absolute atomic E-state index is 12.4. The predicted octanol–water partition coefficient (Wildman–Crippen LogP) is 20.1. The summed E-state index contributed by atoms with van der Waals surface area (Å²) in [5.74, 6) is -1.02. The lowest BCUT2D eigenvalue weighted by molar-refractivity contribution is -0.0412. The van der Waals surface area contributed by atoms with Crippen LogP contribution in [0.2, 0.25) is 0 Å². The van der Waals surface area contributed by atoms with Crippen molar-refractivity contribution in [1.29, 1.82) is 5.26 Å². The summed E-state index contributed by atoms with van der Waals surface area (Å²) in [5, 5.41) is 16.1. The number of fused-ring (bicyclic) bond motifs is 18. The first kappa shape index (κ1) is 47.1. The molecule has 11 aromatic carbocycles. The van der Waals surface area contributed by atoms with E-state index in [-0.39, 0.29) is 22.7 Å². The highest BCUT2D eigenvalue weighted by Crippen LogP contribution is 2.68. The summed E-state index contributed by atoms with van der Waals surface area (Å²) in [6.07, 6.45) is 0. The molecule has 8 heteroatoms. The summed E-state index contributed by atoms with van der Waals surface area (Å²) in [6, 6.07) is 77.7. The molecule has 17 rings (SSSR count). The van der Waals surface area contributed by atoms with Crippen LogP contribution in [0, 0.1) is 17.9 Å². The highest BCUT2D eigenvalue weighted by molar-refractivity contribution is 6.14. The van der Waals surface area contributed by atoms with E-state index in [4.69, 9.17) is 18.3 Å². The second-order valence-corrected chi connectivity index (χ2v) is 23.2. The number of para-hydroxylation sites is 4. The molecule has 13 aromatic rings. The number of anilines is 6. The van der Waals surface area contributed by atoms with E-state index in [9.17, 15) is 11.8 Å². The number of benzene rings is 11. The molecule has 0 bridgehead atoms. The Morgan fingerprint density at radius 2 is 0.795 bits per heavy atom. The van der Waals surface area contributed by atoms with Gasteiger partial charge in [0.25, 0.3) is 0 Å². The van der Waals surface area contributed by atoms with Gasteiger partial charge in [0.1, 0.15) is 22.5 Å². The number of nitriles is 1. The molecule has 4 aliphatic rings. The Labute approximate surface area is 478 Å². The molecule has 2 aromatic heterocycles. The van der Waals surface area contributed by atoms with Crippen LogP contribution >= 0.6 is 0 Å². The van der Waals surface area contributed by atoms with Crippen LogP contribution in [0.15, 0.2) is 227 Å². The van der Waals surface area contributed by atoms with Gasteiger partial charge in [0.15, 0.2) is 22.7 Å². The van der Waals surface area contributed by atoms with Crippen LogP contribution in [0.25, 0.3) is 82.1 Å². The van der Waals surface area contributed by atoms with Gasteiger partial charge in [-0.15, -0.1) is 0 Å². The maximum atomic E-state index is 12.4. The molecular formula is C75H48N4O4. The van der Waals surface area contributed by atoms with E-state index in [2.05, 4.69) is 182 Å². The van der Waals surface area contributed by atoms with E-state index in [0.717, 1.165) is 88.6 Å². The van der Waals surface area contributed by atoms with Gasteiger partial charge in [-0.3, -0.25) is 0 Å². The van der Waals surface area contributed by atoms with Crippen LogP contribution in [0.3, 0.4) is 0 Å². The zero-order valence-electron chi connectivity index (χ0n) is 45.7. The van der Waals surface area contributed by atoms with Gasteiger partial charge in [-0.25, -0.2) is 4.85 Å². The number of ether oxygens (including phenoxy) is 2. The van der Waals surface area contributed by atoms with Crippen molar-refractivity contribution >= 4 is 83.7 Å². The number of hydrogen-bond donors (Lipinski definition) is 0. The van der Waals surface area contributed by atoms with E-state index < -0.39 is 16.6 Å². The SMILES string of the molecule is [C-]#[N+]c1c(C#N)c(N(c2ccc3c(c2)C(C)(C)c2ccccc2-3)c2cccc3c2oc2ccccc23)c2c(c1N(c1ccc3c(c1)C(C)(C)c1ccccc1-3)c1cccc3c1oc1ccccc13)OC1(O2)c2ccccc2-c2ccccc21. The summed E-state index contributed by atoms with van der Waals surface area (Å²) < 4.78 is 29.8. The van der Waals surface area contributed by atoms with Gasteiger partial charge in [0.2, 0.25) is 5.69 Å². The van der Waals surface area contributed by atoms with Crippen molar-refractivity contribution in [2.75, 3.05) is 9.80 Å². The molecule has 3 heterocycles. The Morgan fingerprint density at radius 3 is 1.27 bits per heavy atom. The molecule has 8 nitrogen and oxygen atoms in total. The van der Waals surface area contributed by atoms with Gasteiger partial charge < -0.3 is 28.1 Å². The summed E-state index contributed by atoms with van der Waals surface area (Å²) in [4.78, 5) is 8.71. The fourth-order valence-corrected chi connectivity index (χ4v) is 14.4. The number of hydrogen-bond acceptors (Lipinski definition) is 7. The molecule has 0 saturated carbocycles. The largest absolute Gasteiger partial charge is 0.454 e. The lowest BCUT2D eigenvalue weighted by atomic mass is 9.82. The molecule has 0 fully saturated rings. The van der Waals surface area contributed by atoms with Crippen molar-refractivity contribution in [2.45, 2.75) is 44.3 Å². The Morgan fingerprint density at radius 1 is 0.410 bits per heavy atom. The number of nitrogens with zero attached hydrogens (tertiary/aromatic N) is 4. The Bertz CT molecular complexity index is 4800. The van der Waals surface area contributed by atoms with E-state index in [1.54, 1.807) is 0 Å². The van der Waals surface area contributed by atoms with Crippen molar-refractivity contribution in [2.24, 2.45) is 0 Å². The van der Waals surface area contributed by atoms with Crippen molar-refractivity contribution in [3.8, 4) is 50.9 Å². The minimum Gasteiger partial charge on any atom is -0.454 e. The van der Waals surface area contributed by atoms with E-state index in [1.807, 2.05) is 84.9 Å². The second kappa shape index (κ2) is 16.6. The van der Waals surface area contributed by atoms with Gasteiger partial charge in [-0.05, 0) is 104 Å². The van der Waals surface area contributed by atoms with Gasteiger partial charge in [-0.1, -0.05) is 198 Å².